The van der Waals surface area contributed by atoms with E-state index in [1.807, 2.05) is 0 Å². The Hall–Kier alpha value is -0.550. The van der Waals surface area contributed by atoms with Gasteiger partial charge in [-0.25, -0.2) is 4.39 Å². The minimum atomic E-state index is -0.817. The fourth-order valence-electron chi connectivity index (χ4n) is 1.07. The Morgan fingerprint density at radius 3 is 2.94 bits per heavy atom. The smallest absolute Gasteiger partial charge is 0.307 e. The molecule has 1 aromatic rings. The van der Waals surface area contributed by atoms with Crippen molar-refractivity contribution < 1.29 is 14.3 Å². The number of carboxylic acids is 1. The van der Waals surface area contributed by atoms with Crippen LogP contribution >= 0.6 is 27.7 Å². The molecule has 1 unspecified atom stereocenters. The first-order valence-corrected chi connectivity index (χ1v) is 6.70. The molecule has 0 aliphatic carbocycles. The molecule has 0 radical (unpaired) electrons. The maximum Gasteiger partial charge on any atom is 0.307 e. The predicted octanol–water partition coefficient (Wildman–Crippen LogP) is 3.54. The zero-order valence-electron chi connectivity index (χ0n) is 8.74. The lowest BCUT2D eigenvalue weighted by molar-refractivity contribution is -0.140. The maximum absolute atomic E-state index is 13.3. The second-order valence-electron chi connectivity index (χ2n) is 3.49. The summed E-state index contributed by atoms with van der Waals surface area (Å²) in [6, 6.07) is 4.76. The molecule has 1 N–H and O–H groups in total. The Bertz CT molecular complexity index is 384. The third kappa shape index (κ3) is 4.14. The van der Waals surface area contributed by atoms with Crippen LogP contribution in [0.2, 0.25) is 0 Å². The summed E-state index contributed by atoms with van der Waals surface area (Å²) < 4.78 is 14.1. The van der Waals surface area contributed by atoms with E-state index >= 15 is 0 Å². The average Bonchev–Trinajstić information content (AvgIpc) is 2.22. The van der Waals surface area contributed by atoms with Crippen molar-refractivity contribution >= 4 is 33.7 Å². The van der Waals surface area contributed by atoms with Crippen molar-refractivity contribution in [3.8, 4) is 0 Å². The highest BCUT2D eigenvalue weighted by molar-refractivity contribution is 9.10. The molecule has 0 fully saturated rings. The molecule has 0 aromatic heterocycles. The van der Waals surface area contributed by atoms with Crippen LogP contribution in [-0.2, 0) is 10.5 Å². The first-order chi connectivity index (χ1) is 7.50. The number of aliphatic carboxylic acids is 1. The first-order valence-electron chi connectivity index (χ1n) is 4.75. The van der Waals surface area contributed by atoms with Crippen LogP contribution in [-0.4, -0.2) is 16.8 Å². The lowest BCUT2D eigenvalue weighted by Gasteiger charge is -2.06. The number of halogens is 2. The van der Waals surface area contributed by atoms with Crippen molar-refractivity contribution in [3.05, 3.63) is 34.1 Å². The van der Waals surface area contributed by atoms with Crippen molar-refractivity contribution in [1.82, 2.24) is 0 Å². The fraction of sp³-hybridized carbons (Fsp3) is 0.364. The molecular formula is C11H12BrFO2S. The van der Waals surface area contributed by atoms with Crippen molar-refractivity contribution in [2.24, 2.45) is 5.92 Å². The summed E-state index contributed by atoms with van der Waals surface area (Å²) in [6.45, 7) is 1.65. The zero-order valence-corrected chi connectivity index (χ0v) is 11.1. The third-order valence-electron chi connectivity index (χ3n) is 2.05. The van der Waals surface area contributed by atoms with Gasteiger partial charge in [0.15, 0.2) is 0 Å². The van der Waals surface area contributed by atoms with E-state index in [4.69, 9.17) is 5.11 Å². The van der Waals surface area contributed by atoms with Crippen LogP contribution in [0.15, 0.2) is 22.7 Å². The van der Waals surface area contributed by atoms with E-state index in [0.29, 0.717) is 17.1 Å². The molecule has 0 aliphatic rings. The fourth-order valence-corrected chi connectivity index (χ4v) is 2.53. The van der Waals surface area contributed by atoms with Crippen LogP contribution in [0.25, 0.3) is 0 Å². The average molecular weight is 307 g/mol. The van der Waals surface area contributed by atoms with E-state index in [0.717, 1.165) is 4.47 Å². The molecule has 0 bridgehead atoms. The molecule has 1 rings (SSSR count). The second kappa shape index (κ2) is 6.25. The second-order valence-corrected chi connectivity index (χ2v) is 5.44. The molecule has 0 spiro atoms. The summed E-state index contributed by atoms with van der Waals surface area (Å²) in [5, 5.41) is 8.68. The number of carbonyl (C=O) groups is 1. The lowest BCUT2D eigenvalue weighted by atomic mass is 10.2. The highest BCUT2D eigenvalue weighted by Gasteiger charge is 2.11. The Balaban J connectivity index is 2.48. The molecule has 0 saturated heterocycles. The topological polar surface area (TPSA) is 37.3 Å². The van der Waals surface area contributed by atoms with Gasteiger partial charge >= 0.3 is 5.97 Å². The van der Waals surface area contributed by atoms with Crippen molar-refractivity contribution in [2.45, 2.75) is 12.7 Å². The Morgan fingerprint density at radius 2 is 2.31 bits per heavy atom. The molecule has 1 atom stereocenters. The molecule has 88 valence electrons. The van der Waals surface area contributed by atoms with Gasteiger partial charge in [-0.1, -0.05) is 22.9 Å². The molecule has 2 nitrogen and oxygen atoms in total. The van der Waals surface area contributed by atoms with Crippen molar-refractivity contribution in [2.75, 3.05) is 5.75 Å². The van der Waals surface area contributed by atoms with Gasteiger partial charge in [0, 0.05) is 16.0 Å². The standard InChI is InChI=1S/C11H12BrFO2S/c1-7(11(14)15)5-16-6-8-4-9(12)2-3-10(8)13/h2-4,7H,5-6H2,1H3,(H,14,15). The molecule has 0 saturated carbocycles. The van der Waals surface area contributed by atoms with Gasteiger partial charge in [-0.3, -0.25) is 4.79 Å². The van der Waals surface area contributed by atoms with E-state index in [2.05, 4.69) is 15.9 Å². The Morgan fingerprint density at radius 1 is 1.62 bits per heavy atom. The molecule has 0 heterocycles. The van der Waals surface area contributed by atoms with Gasteiger partial charge in [0.05, 0.1) is 5.92 Å². The Kier molecular flexibility index (Phi) is 5.28. The number of carboxylic acid groups (broad SMARTS) is 1. The van der Waals surface area contributed by atoms with Crippen molar-refractivity contribution in [1.29, 1.82) is 0 Å². The summed E-state index contributed by atoms with van der Waals surface area (Å²) in [5.41, 5.74) is 0.594. The summed E-state index contributed by atoms with van der Waals surface area (Å²) in [7, 11) is 0. The minimum Gasteiger partial charge on any atom is -0.481 e. The zero-order chi connectivity index (χ0) is 12.1. The quantitative estimate of drug-likeness (QED) is 0.904. The van der Waals surface area contributed by atoms with Gasteiger partial charge in [-0.05, 0) is 23.8 Å². The summed E-state index contributed by atoms with van der Waals surface area (Å²) in [6.07, 6.45) is 0. The minimum absolute atomic E-state index is 0.251. The van der Waals surface area contributed by atoms with Crippen LogP contribution in [0.4, 0.5) is 4.39 Å². The number of benzene rings is 1. The SMILES string of the molecule is CC(CSCc1cc(Br)ccc1F)C(=O)O. The van der Waals surface area contributed by atoms with Gasteiger partial charge in [0.25, 0.3) is 0 Å². The molecule has 0 amide bonds. The summed E-state index contributed by atoms with van der Waals surface area (Å²) >= 11 is 4.69. The normalized spacial score (nSPS) is 12.4. The molecule has 5 heteroatoms. The van der Waals surface area contributed by atoms with Crippen LogP contribution < -0.4 is 0 Å². The highest BCUT2D eigenvalue weighted by atomic mass is 79.9. The van der Waals surface area contributed by atoms with E-state index in [1.54, 1.807) is 19.1 Å². The van der Waals surface area contributed by atoms with Crippen LogP contribution in [0.3, 0.4) is 0 Å². The van der Waals surface area contributed by atoms with E-state index in [1.165, 1.54) is 17.8 Å². The lowest BCUT2D eigenvalue weighted by Crippen LogP contribution is -2.11. The first kappa shape index (κ1) is 13.5. The van der Waals surface area contributed by atoms with Gasteiger partial charge in [-0.15, -0.1) is 0 Å². The monoisotopic (exact) mass is 306 g/mol. The number of hydrogen-bond acceptors (Lipinski definition) is 2. The third-order valence-corrected chi connectivity index (χ3v) is 3.80. The number of rotatable bonds is 5. The van der Waals surface area contributed by atoms with E-state index in [-0.39, 0.29) is 5.82 Å². The van der Waals surface area contributed by atoms with Gasteiger partial charge in [0.2, 0.25) is 0 Å². The predicted molar refractivity (Wildman–Crippen MR) is 67.1 cm³/mol. The van der Waals surface area contributed by atoms with E-state index in [9.17, 15) is 9.18 Å². The molecule has 0 aliphatic heterocycles. The van der Waals surface area contributed by atoms with E-state index < -0.39 is 11.9 Å². The van der Waals surface area contributed by atoms with Crippen LogP contribution in [0.5, 0.6) is 0 Å². The van der Waals surface area contributed by atoms with Gasteiger partial charge < -0.3 is 5.11 Å². The molecule has 16 heavy (non-hydrogen) atoms. The molecule has 1 aromatic carbocycles. The molecular weight excluding hydrogens is 295 g/mol. The van der Waals surface area contributed by atoms with Crippen molar-refractivity contribution in [3.63, 3.8) is 0 Å². The maximum atomic E-state index is 13.3. The van der Waals surface area contributed by atoms with Gasteiger partial charge in [-0.2, -0.15) is 11.8 Å². The number of hydrogen-bond donors (Lipinski definition) is 1. The largest absolute Gasteiger partial charge is 0.481 e. The summed E-state index contributed by atoms with van der Waals surface area (Å²) in [5.74, 6) is -0.495. The van der Waals surface area contributed by atoms with Gasteiger partial charge in [0.1, 0.15) is 5.82 Å². The summed E-state index contributed by atoms with van der Waals surface area (Å²) in [4.78, 5) is 10.6. The Labute approximate surface area is 106 Å². The number of thioether (sulfide) groups is 1. The van der Waals surface area contributed by atoms with Crippen LogP contribution in [0, 0.1) is 11.7 Å². The highest BCUT2D eigenvalue weighted by Crippen LogP contribution is 2.21. The van der Waals surface area contributed by atoms with Crippen LogP contribution in [0.1, 0.15) is 12.5 Å².